The quantitative estimate of drug-likeness (QED) is 0.681. The number of para-hydroxylation sites is 2. The fourth-order valence-electron chi connectivity index (χ4n) is 3.07. The third-order valence-corrected chi connectivity index (χ3v) is 4.62. The largest absolute Gasteiger partial charge is 0.415 e. The van der Waals surface area contributed by atoms with E-state index in [4.69, 9.17) is 10.5 Å². The summed E-state index contributed by atoms with van der Waals surface area (Å²) in [7, 11) is 0. The maximum Gasteiger partial charge on any atom is 0.415 e. The maximum atomic E-state index is 12.7. The summed E-state index contributed by atoms with van der Waals surface area (Å²) >= 11 is 0. The van der Waals surface area contributed by atoms with Crippen molar-refractivity contribution in [3.63, 3.8) is 0 Å². The number of piperazine rings is 1. The zero-order valence-corrected chi connectivity index (χ0v) is 15.4. The number of carbonyl (C=O) groups excluding carboxylic acids is 3. The van der Waals surface area contributed by atoms with Crippen molar-refractivity contribution in [1.29, 1.82) is 0 Å². The fraction of sp³-hybridized carbons (Fsp3) is 0.211. The van der Waals surface area contributed by atoms with Gasteiger partial charge in [-0.25, -0.2) is 9.78 Å². The highest BCUT2D eigenvalue weighted by Crippen LogP contribution is 2.15. The second kappa shape index (κ2) is 7.58. The van der Waals surface area contributed by atoms with E-state index < -0.39 is 12.0 Å². The highest BCUT2D eigenvalue weighted by Gasteiger charge is 2.27. The average Bonchev–Trinajstić information content (AvgIpc) is 3.18. The van der Waals surface area contributed by atoms with Gasteiger partial charge in [-0.1, -0.05) is 12.1 Å². The molecule has 29 heavy (non-hydrogen) atoms. The van der Waals surface area contributed by atoms with Gasteiger partial charge in [0.15, 0.2) is 11.6 Å². The first-order valence-corrected chi connectivity index (χ1v) is 8.97. The van der Waals surface area contributed by atoms with Gasteiger partial charge in [-0.3, -0.25) is 14.6 Å². The average molecular weight is 394 g/mol. The van der Waals surface area contributed by atoms with Crippen molar-refractivity contribution in [2.75, 3.05) is 26.2 Å². The molecule has 4 rings (SSSR count). The molecule has 1 aromatic carbocycles. The first-order chi connectivity index (χ1) is 14.0. The number of nitrogens with zero attached hydrogens (tertiary/aromatic N) is 4. The molecule has 1 aliphatic heterocycles. The minimum Gasteiger partial charge on any atom is -0.409 e. The number of nitrogens with one attached hydrogen (secondary N) is 1. The number of H-pyrrole nitrogens is 1. The Labute approximate surface area is 165 Å². The lowest BCUT2D eigenvalue weighted by atomic mass is 10.3. The summed E-state index contributed by atoms with van der Waals surface area (Å²) in [6, 6.07) is 8.77. The minimum atomic E-state index is -0.659. The number of nitrogens with two attached hydrogens (primary N) is 1. The summed E-state index contributed by atoms with van der Waals surface area (Å²) in [5, 5.41) is 0. The molecule has 148 valence electrons. The van der Waals surface area contributed by atoms with Gasteiger partial charge in [0.1, 0.15) is 0 Å². The molecule has 1 aliphatic rings. The van der Waals surface area contributed by atoms with Crippen molar-refractivity contribution < 1.29 is 19.1 Å². The molecule has 1 saturated heterocycles. The molecular weight excluding hydrogens is 376 g/mol. The Morgan fingerprint density at radius 1 is 1.03 bits per heavy atom. The highest BCUT2D eigenvalue weighted by molar-refractivity contribution is 5.94. The molecule has 3 amide bonds. The molecule has 0 aliphatic carbocycles. The Morgan fingerprint density at radius 2 is 1.76 bits per heavy atom. The molecule has 0 spiro atoms. The van der Waals surface area contributed by atoms with Crippen LogP contribution in [-0.4, -0.2) is 68.8 Å². The van der Waals surface area contributed by atoms with Crippen LogP contribution in [0.1, 0.15) is 21.0 Å². The van der Waals surface area contributed by atoms with Gasteiger partial charge in [-0.2, -0.15) is 0 Å². The van der Waals surface area contributed by atoms with Crippen molar-refractivity contribution in [1.82, 2.24) is 24.8 Å². The molecule has 0 atom stereocenters. The third kappa shape index (κ3) is 3.86. The molecule has 0 radical (unpaired) electrons. The van der Waals surface area contributed by atoms with Crippen molar-refractivity contribution in [3.05, 3.63) is 54.1 Å². The number of imidazole rings is 1. The Bertz CT molecular complexity index is 1050. The van der Waals surface area contributed by atoms with E-state index in [1.165, 1.54) is 23.4 Å². The highest BCUT2D eigenvalue weighted by atomic mass is 16.6. The van der Waals surface area contributed by atoms with Crippen LogP contribution in [0.25, 0.3) is 11.0 Å². The van der Waals surface area contributed by atoms with E-state index in [1.807, 2.05) is 24.3 Å². The molecule has 1 fully saturated rings. The van der Waals surface area contributed by atoms with Crippen LogP contribution in [0.5, 0.6) is 5.75 Å². The zero-order chi connectivity index (χ0) is 20.4. The van der Waals surface area contributed by atoms with Gasteiger partial charge >= 0.3 is 6.09 Å². The lowest BCUT2D eigenvalue weighted by Crippen LogP contribution is -2.51. The van der Waals surface area contributed by atoms with Gasteiger partial charge in [-0.05, 0) is 18.2 Å². The fourth-order valence-corrected chi connectivity index (χ4v) is 3.07. The molecule has 10 heteroatoms. The van der Waals surface area contributed by atoms with Gasteiger partial charge < -0.3 is 25.3 Å². The van der Waals surface area contributed by atoms with Crippen LogP contribution in [0.2, 0.25) is 0 Å². The topological polar surface area (TPSA) is 135 Å². The monoisotopic (exact) mass is 394 g/mol. The number of ether oxygens (including phenoxy) is 1. The summed E-state index contributed by atoms with van der Waals surface area (Å²) in [6.45, 7) is 1.33. The number of fused-ring (bicyclic) bond motifs is 1. The van der Waals surface area contributed by atoms with E-state index in [2.05, 4.69) is 15.0 Å². The van der Waals surface area contributed by atoms with E-state index in [9.17, 15) is 14.4 Å². The number of pyridine rings is 1. The predicted octanol–water partition coefficient (Wildman–Crippen LogP) is 1.01. The molecule has 0 bridgehead atoms. The standard InChI is InChI=1S/C19H18N6O4/c20-16(26)12-9-13(11-21-10-12)29-19(28)25-7-5-24(6-8-25)18(27)17-22-14-3-1-2-4-15(14)23-17/h1-4,9-11H,5-8H2,(H2,20,26)(H,22,23). The van der Waals surface area contributed by atoms with E-state index in [0.29, 0.717) is 26.2 Å². The van der Waals surface area contributed by atoms with Gasteiger partial charge in [0, 0.05) is 32.4 Å². The third-order valence-electron chi connectivity index (χ3n) is 4.62. The molecule has 3 N–H and O–H groups in total. The molecule has 10 nitrogen and oxygen atoms in total. The number of hydrogen-bond acceptors (Lipinski definition) is 6. The van der Waals surface area contributed by atoms with Crippen LogP contribution >= 0.6 is 0 Å². The number of primary amides is 1. The molecule has 0 saturated carbocycles. The number of carbonyl (C=O) groups is 3. The number of benzene rings is 1. The van der Waals surface area contributed by atoms with Crippen molar-refractivity contribution in [3.8, 4) is 5.75 Å². The number of aromatic nitrogens is 3. The number of rotatable bonds is 3. The van der Waals surface area contributed by atoms with Gasteiger partial charge in [0.05, 0.1) is 22.8 Å². The number of amides is 3. The van der Waals surface area contributed by atoms with Crippen LogP contribution in [0.3, 0.4) is 0 Å². The summed E-state index contributed by atoms with van der Waals surface area (Å²) in [5.41, 5.74) is 6.87. The summed E-state index contributed by atoms with van der Waals surface area (Å²) in [6.07, 6.45) is 2.04. The minimum absolute atomic E-state index is 0.132. The van der Waals surface area contributed by atoms with Crippen LogP contribution in [-0.2, 0) is 0 Å². The van der Waals surface area contributed by atoms with Gasteiger partial charge in [0.25, 0.3) is 5.91 Å². The number of hydrogen-bond donors (Lipinski definition) is 2. The first-order valence-electron chi connectivity index (χ1n) is 8.97. The van der Waals surface area contributed by atoms with Crippen LogP contribution < -0.4 is 10.5 Å². The Balaban J connectivity index is 1.36. The van der Waals surface area contributed by atoms with E-state index in [0.717, 1.165) is 11.0 Å². The van der Waals surface area contributed by atoms with Crippen LogP contribution in [0.4, 0.5) is 4.79 Å². The second-order valence-electron chi connectivity index (χ2n) is 6.52. The van der Waals surface area contributed by atoms with Gasteiger partial charge in [0.2, 0.25) is 5.91 Å². The van der Waals surface area contributed by atoms with Crippen LogP contribution in [0.15, 0.2) is 42.7 Å². The Hall–Kier alpha value is -3.95. The summed E-state index contributed by atoms with van der Waals surface area (Å²) < 4.78 is 5.26. The summed E-state index contributed by atoms with van der Waals surface area (Å²) in [4.78, 5) is 50.5. The van der Waals surface area contributed by atoms with E-state index in [-0.39, 0.29) is 23.0 Å². The van der Waals surface area contributed by atoms with Crippen molar-refractivity contribution >= 4 is 28.9 Å². The van der Waals surface area contributed by atoms with Gasteiger partial charge in [-0.15, -0.1) is 0 Å². The predicted molar refractivity (Wildman–Crippen MR) is 102 cm³/mol. The Morgan fingerprint density at radius 3 is 2.48 bits per heavy atom. The lowest BCUT2D eigenvalue weighted by Gasteiger charge is -2.33. The molecule has 0 unspecified atom stereocenters. The van der Waals surface area contributed by atoms with Crippen molar-refractivity contribution in [2.24, 2.45) is 5.73 Å². The smallest absolute Gasteiger partial charge is 0.409 e. The zero-order valence-electron chi connectivity index (χ0n) is 15.4. The van der Waals surface area contributed by atoms with E-state index >= 15 is 0 Å². The molecule has 2 aromatic heterocycles. The molecular formula is C19H18N6O4. The number of aromatic amines is 1. The van der Waals surface area contributed by atoms with E-state index in [1.54, 1.807) is 4.90 Å². The molecule has 3 heterocycles. The normalized spacial score (nSPS) is 14.1. The van der Waals surface area contributed by atoms with Crippen molar-refractivity contribution in [2.45, 2.75) is 0 Å². The lowest BCUT2D eigenvalue weighted by molar-refractivity contribution is 0.0623. The maximum absolute atomic E-state index is 12.7. The van der Waals surface area contributed by atoms with Crippen LogP contribution in [0, 0.1) is 0 Å². The first kappa shape index (κ1) is 18.4. The Kier molecular flexibility index (Phi) is 4.82. The SMILES string of the molecule is NC(=O)c1cncc(OC(=O)N2CCN(C(=O)c3nc4ccccc4[nH]3)CC2)c1. The second-order valence-corrected chi connectivity index (χ2v) is 6.52. The molecule has 3 aromatic rings. The summed E-state index contributed by atoms with van der Waals surface area (Å²) in [5.74, 6) is -0.468.